The average Bonchev–Trinajstić information content (AvgIpc) is 2.60. The van der Waals surface area contributed by atoms with Crippen LogP contribution in [0.4, 0.5) is 5.69 Å². The molecule has 3 heteroatoms. The number of hydrogen-bond acceptors (Lipinski definition) is 1. The van der Waals surface area contributed by atoms with Crippen LogP contribution >= 0.6 is 0 Å². The number of para-hydroxylation sites is 1. The molecule has 1 aliphatic heterocycles. The summed E-state index contributed by atoms with van der Waals surface area (Å²) in [5.41, 5.74) is 3.48. The fourth-order valence-corrected chi connectivity index (χ4v) is 3.55. The van der Waals surface area contributed by atoms with E-state index in [1.165, 1.54) is 29.7 Å². The first-order valence-electron chi connectivity index (χ1n) is 8.93. The Balaban J connectivity index is 1.43. The van der Waals surface area contributed by atoms with E-state index in [2.05, 4.69) is 35.6 Å². The molecule has 1 fully saturated rings. The lowest BCUT2D eigenvalue weighted by molar-refractivity contribution is -0.898. The van der Waals surface area contributed by atoms with Crippen molar-refractivity contribution in [2.24, 2.45) is 5.92 Å². The number of nitrogens with one attached hydrogen (secondary N) is 2. The van der Waals surface area contributed by atoms with Gasteiger partial charge in [0.05, 0.1) is 13.1 Å². The molecule has 0 radical (unpaired) electrons. The molecule has 0 bridgehead atoms. The zero-order valence-corrected chi connectivity index (χ0v) is 14.4. The van der Waals surface area contributed by atoms with Crippen LogP contribution < -0.4 is 10.2 Å². The van der Waals surface area contributed by atoms with E-state index < -0.39 is 0 Å². The highest BCUT2D eigenvalue weighted by molar-refractivity contribution is 5.92. The van der Waals surface area contributed by atoms with Gasteiger partial charge in [0.15, 0.2) is 6.54 Å². The molecule has 1 aliphatic rings. The molecule has 0 unspecified atom stereocenters. The fraction of sp³-hybridized carbons (Fsp3) is 0.381. The molecule has 0 saturated carbocycles. The zero-order chi connectivity index (χ0) is 16.8. The topological polar surface area (TPSA) is 33.5 Å². The number of rotatable bonds is 5. The van der Waals surface area contributed by atoms with Gasteiger partial charge in [-0.2, -0.15) is 0 Å². The standard InChI is InChI=1S/C21H26N2O/c1-17-7-5-6-10-20(17)22-21(24)16-23-13-11-19(12-14-23)15-18-8-3-2-4-9-18/h2-10,19H,11-16H2,1H3,(H,22,24)/p+1. The summed E-state index contributed by atoms with van der Waals surface area (Å²) in [7, 11) is 0. The summed E-state index contributed by atoms with van der Waals surface area (Å²) in [6.45, 7) is 4.79. The molecule has 0 aromatic heterocycles. The monoisotopic (exact) mass is 323 g/mol. The Morgan fingerprint density at radius 1 is 1.04 bits per heavy atom. The maximum absolute atomic E-state index is 12.3. The Morgan fingerprint density at radius 2 is 1.71 bits per heavy atom. The number of piperidine rings is 1. The van der Waals surface area contributed by atoms with Gasteiger partial charge in [0.2, 0.25) is 0 Å². The van der Waals surface area contributed by atoms with E-state index in [1.54, 1.807) is 0 Å². The minimum absolute atomic E-state index is 0.126. The van der Waals surface area contributed by atoms with Gasteiger partial charge in [-0.15, -0.1) is 0 Å². The van der Waals surface area contributed by atoms with E-state index >= 15 is 0 Å². The summed E-state index contributed by atoms with van der Waals surface area (Å²) in [5.74, 6) is 0.886. The van der Waals surface area contributed by atoms with Crippen molar-refractivity contribution in [1.29, 1.82) is 0 Å². The molecular formula is C21H27N2O+. The van der Waals surface area contributed by atoms with Crippen LogP contribution in [0.3, 0.4) is 0 Å². The van der Waals surface area contributed by atoms with Crippen LogP contribution in [0.1, 0.15) is 24.0 Å². The summed E-state index contributed by atoms with van der Waals surface area (Å²) in [4.78, 5) is 13.7. The number of quaternary nitrogens is 1. The number of likely N-dealkylation sites (tertiary alicyclic amines) is 1. The average molecular weight is 323 g/mol. The number of aryl methyl sites for hydroxylation is 1. The predicted molar refractivity (Wildman–Crippen MR) is 98.2 cm³/mol. The lowest BCUT2D eigenvalue weighted by Gasteiger charge is -2.29. The van der Waals surface area contributed by atoms with E-state index in [0.717, 1.165) is 30.3 Å². The number of amides is 1. The molecule has 0 aliphatic carbocycles. The number of carbonyl (C=O) groups excluding carboxylic acids is 1. The van der Waals surface area contributed by atoms with Crippen LogP contribution in [-0.2, 0) is 11.2 Å². The van der Waals surface area contributed by atoms with Gasteiger partial charge in [-0.05, 0) is 49.3 Å². The van der Waals surface area contributed by atoms with Crippen LogP contribution in [0.5, 0.6) is 0 Å². The summed E-state index contributed by atoms with van der Waals surface area (Å²) < 4.78 is 0. The van der Waals surface area contributed by atoms with E-state index in [4.69, 9.17) is 0 Å². The molecule has 1 heterocycles. The molecule has 2 aromatic rings. The first kappa shape index (κ1) is 16.7. The van der Waals surface area contributed by atoms with Gasteiger partial charge in [-0.3, -0.25) is 4.79 Å². The van der Waals surface area contributed by atoms with Crippen molar-refractivity contribution >= 4 is 11.6 Å². The molecule has 0 spiro atoms. The van der Waals surface area contributed by atoms with Crippen LogP contribution in [0.15, 0.2) is 54.6 Å². The second-order valence-electron chi connectivity index (χ2n) is 6.92. The summed E-state index contributed by atoms with van der Waals surface area (Å²) in [6, 6.07) is 18.7. The van der Waals surface area contributed by atoms with Crippen molar-refractivity contribution in [2.75, 3.05) is 25.0 Å². The van der Waals surface area contributed by atoms with Crippen LogP contribution in [0.2, 0.25) is 0 Å². The number of benzene rings is 2. The van der Waals surface area contributed by atoms with E-state index in [-0.39, 0.29) is 5.91 Å². The van der Waals surface area contributed by atoms with Gasteiger partial charge < -0.3 is 10.2 Å². The van der Waals surface area contributed by atoms with E-state index in [9.17, 15) is 4.79 Å². The summed E-state index contributed by atoms with van der Waals surface area (Å²) >= 11 is 0. The molecule has 1 saturated heterocycles. The highest BCUT2D eigenvalue weighted by Crippen LogP contribution is 2.16. The van der Waals surface area contributed by atoms with Gasteiger partial charge in [0.1, 0.15) is 0 Å². The second-order valence-corrected chi connectivity index (χ2v) is 6.92. The van der Waals surface area contributed by atoms with Gasteiger partial charge in [-0.1, -0.05) is 48.5 Å². The molecule has 3 nitrogen and oxygen atoms in total. The molecule has 2 aromatic carbocycles. The van der Waals surface area contributed by atoms with Crippen LogP contribution in [0.25, 0.3) is 0 Å². The van der Waals surface area contributed by atoms with Gasteiger partial charge in [0, 0.05) is 5.69 Å². The Labute approximate surface area is 144 Å². The molecule has 1 amide bonds. The lowest BCUT2D eigenvalue weighted by atomic mass is 9.90. The second kappa shape index (κ2) is 8.11. The highest BCUT2D eigenvalue weighted by atomic mass is 16.2. The fourth-order valence-electron chi connectivity index (χ4n) is 3.55. The third kappa shape index (κ3) is 4.68. The third-order valence-electron chi connectivity index (χ3n) is 5.01. The third-order valence-corrected chi connectivity index (χ3v) is 5.01. The first-order chi connectivity index (χ1) is 11.7. The Bertz CT molecular complexity index is 661. The van der Waals surface area contributed by atoms with Crippen LogP contribution in [-0.4, -0.2) is 25.5 Å². The Morgan fingerprint density at radius 3 is 2.42 bits per heavy atom. The smallest absolute Gasteiger partial charge is 0.279 e. The largest absolute Gasteiger partial charge is 0.327 e. The maximum Gasteiger partial charge on any atom is 0.279 e. The minimum atomic E-state index is 0.126. The van der Waals surface area contributed by atoms with Gasteiger partial charge in [-0.25, -0.2) is 0 Å². The lowest BCUT2D eigenvalue weighted by Crippen LogP contribution is -3.14. The number of hydrogen-bond donors (Lipinski definition) is 2. The van der Waals surface area contributed by atoms with E-state index in [1.807, 2.05) is 31.2 Å². The quantitative estimate of drug-likeness (QED) is 0.871. The SMILES string of the molecule is Cc1ccccc1NC(=O)C[NH+]1CCC(Cc2ccccc2)CC1. The van der Waals surface area contributed by atoms with Gasteiger partial charge in [0.25, 0.3) is 5.91 Å². The van der Waals surface area contributed by atoms with Crippen LogP contribution in [0, 0.1) is 12.8 Å². The minimum Gasteiger partial charge on any atom is -0.327 e. The van der Waals surface area contributed by atoms with Crippen molar-refractivity contribution in [3.05, 3.63) is 65.7 Å². The highest BCUT2D eigenvalue weighted by Gasteiger charge is 2.24. The van der Waals surface area contributed by atoms with Crippen molar-refractivity contribution < 1.29 is 9.69 Å². The Kier molecular flexibility index (Phi) is 5.65. The molecule has 3 rings (SSSR count). The van der Waals surface area contributed by atoms with Gasteiger partial charge >= 0.3 is 0 Å². The van der Waals surface area contributed by atoms with Crippen molar-refractivity contribution in [2.45, 2.75) is 26.2 Å². The maximum atomic E-state index is 12.3. The van der Waals surface area contributed by atoms with Crippen molar-refractivity contribution in [3.63, 3.8) is 0 Å². The van der Waals surface area contributed by atoms with Crippen molar-refractivity contribution in [1.82, 2.24) is 0 Å². The molecule has 24 heavy (non-hydrogen) atoms. The summed E-state index contributed by atoms with van der Waals surface area (Å²) in [6.07, 6.45) is 3.59. The van der Waals surface area contributed by atoms with Crippen molar-refractivity contribution in [3.8, 4) is 0 Å². The molecule has 2 N–H and O–H groups in total. The predicted octanol–water partition coefficient (Wildman–Crippen LogP) is 2.47. The normalized spacial score (nSPS) is 20.5. The first-order valence-corrected chi connectivity index (χ1v) is 8.93. The zero-order valence-electron chi connectivity index (χ0n) is 14.4. The number of carbonyl (C=O) groups is 1. The van der Waals surface area contributed by atoms with E-state index in [0.29, 0.717) is 6.54 Å². The Hall–Kier alpha value is -2.13. The summed E-state index contributed by atoms with van der Waals surface area (Å²) in [5, 5.41) is 3.05. The molecular weight excluding hydrogens is 296 g/mol. The molecule has 126 valence electrons. The number of anilines is 1. The molecule has 0 atom stereocenters.